The van der Waals surface area contributed by atoms with E-state index in [1.54, 1.807) is 7.11 Å². The fourth-order valence-corrected chi connectivity index (χ4v) is 4.25. The van der Waals surface area contributed by atoms with Crippen molar-refractivity contribution in [1.29, 1.82) is 0 Å². The van der Waals surface area contributed by atoms with Crippen molar-refractivity contribution >= 4 is 23.4 Å². The summed E-state index contributed by atoms with van der Waals surface area (Å²) in [7, 11) is 1.61. The number of tetrazole rings is 1. The molecule has 0 radical (unpaired) electrons. The Balaban J connectivity index is 1.34. The molecule has 2 aromatic rings. The number of benzene rings is 1. The summed E-state index contributed by atoms with van der Waals surface area (Å²) >= 11 is 1.37. The van der Waals surface area contributed by atoms with Crippen LogP contribution >= 0.6 is 11.8 Å². The van der Waals surface area contributed by atoms with E-state index in [1.165, 1.54) is 18.2 Å². The highest BCUT2D eigenvalue weighted by molar-refractivity contribution is 7.99. The number of aromatic nitrogens is 4. The van der Waals surface area contributed by atoms with Gasteiger partial charge in [-0.2, -0.15) is 0 Å². The number of carbonyl (C=O) groups excluding carboxylic acids is 1. The van der Waals surface area contributed by atoms with Gasteiger partial charge in [-0.15, -0.1) is 5.10 Å². The van der Waals surface area contributed by atoms with Gasteiger partial charge in [0.2, 0.25) is 11.1 Å². The largest absolute Gasteiger partial charge is 0.497 e. The Bertz CT molecular complexity index is 789. The van der Waals surface area contributed by atoms with Crippen LogP contribution in [0.15, 0.2) is 41.6 Å². The quantitative estimate of drug-likeness (QED) is 0.632. The number of fused-ring (bicyclic) bond motifs is 2. The van der Waals surface area contributed by atoms with Crippen LogP contribution in [-0.2, 0) is 4.79 Å². The van der Waals surface area contributed by atoms with Gasteiger partial charge in [-0.1, -0.05) is 23.9 Å². The number of hydrogen-bond donors (Lipinski definition) is 1. The second-order valence-corrected chi connectivity index (χ2v) is 7.26. The second-order valence-electron chi connectivity index (χ2n) is 6.32. The summed E-state index contributed by atoms with van der Waals surface area (Å²) in [6.45, 7) is 0. The van der Waals surface area contributed by atoms with Crippen LogP contribution in [0.5, 0.6) is 5.75 Å². The molecule has 1 heterocycles. The zero-order chi connectivity index (χ0) is 17.2. The van der Waals surface area contributed by atoms with E-state index in [0.717, 1.165) is 17.9 Å². The average molecular weight is 357 g/mol. The molecule has 0 saturated heterocycles. The molecule has 1 fully saturated rings. The predicted octanol–water partition coefficient (Wildman–Crippen LogP) is 2.55. The number of thioether (sulfide) groups is 1. The Labute approximate surface area is 149 Å². The molecule has 2 bridgehead atoms. The topological polar surface area (TPSA) is 81.9 Å². The molecule has 8 heteroatoms. The van der Waals surface area contributed by atoms with Gasteiger partial charge in [-0.05, 0) is 59.4 Å². The molecular formula is C17H19N5O2S. The summed E-state index contributed by atoms with van der Waals surface area (Å²) < 4.78 is 7.00. The van der Waals surface area contributed by atoms with Gasteiger partial charge >= 0.3 is 0 Å². The number of rotatable bonds is 6. The molecule has 1 aromatic heterocycles. The minimum absolute atomic E-state index is 0.0856. The first-order chi connectivity index (χ1) is 12.2. The van der Waals surface area contributed by atoms with Crippen LogP contribution in [0.25, 0.3) is 0 Å². The van der Waals surface area contributed by atoms with Crippen LogP contribution in [-0.4, -0.2) is 39.0 Å². The van der Waals surface area contributed by atoms with E-state index in [0.29, 0.717) is 23.0 Å². The lowest BCUT2D eigenvalue weighted by Crippen LogP contribution is -2.18. The normalized spacial score (nSPS) is 23.8. The third-order valence-corrected chi connectivity index (χ3v) is 5.66. The Morgan fingerprint density at radius 3 is 2.84 bits per heavy atom. The average Bonchev–Trinajstić information content (AvgIpc) is 3.36. The molecule has 130 valence electrons. The Hall–Kier alpha value is -2.35. The van der Waals surface area contributed by atoms with Crippen molar-refractivity contribution in [3.05, 3.63) is 36.4 Å². The number of ether oxygens (including phenoxy) is 1. The summed E-state index contributed by atoms with van der Waals surface area (Å²) in [4.78, 5) is 12.2. The van der Waals surface area contributed by atoms with Crippen molar-refractivity contribution in [3.8, 4) is 5.75 Å². The predicted molar refractivity (Wildman–Crippen MR) is 94.6 cm³/mol. The van der Waals surface area contributed by atoms with Gasteiger partial charge in [0.1, 0.15) is 5.75 Å². The zero-order valence-corrected chi connectivity index (χ0v) is 14.6. The third-order valence-electron chi connectivity index (χ3n) is 4.73. The van der Waals surface area contributed by atoms with Crippen molar-refractivity contribution < 1.29 is 9.53 Å². The summed E-state index contributed by atoms with van der Waals surface area (Å²) in [6, 6.07) is 7.56. The van der Waals surface area contributed by atoms with Crippen LogP contribution in [0.1, 0.15) is 18.9 Å². The van der Waals surface area contributed by atoms with E-state index in [-0.39, 0.29) is 11.7 Å². The van der Waals surface area contributed by atoms with Gasteiger partial charge in [0, 0.05) is 5.69 Å². The molecular weight excluding hydrogens is 338 g/mol. The molecule has 4 rings (SSSR count). The summed E-state index contributed by atoms with van der Waals surface area (Å²) in [5.74, 6) is 2.10. The molecule has 1 amide bonds. The number of nitrogens with one attached hydrogen (secondary N) is 1. The molecule has 0 spiro atoms. The lowest BCUT2D eigenvalue weighted by molar-refractivity contribution is -0.113. The van der Waals surface area contributed by atoms with Crippen molar-refractivity contribution in [3.63, 3.8) is 0 Å². The maximum absolute atomic E-state index is 12.2. The molecule has 25 heavy (non-hydrogen) atoms. The minimum Gasteiger partial charge on any atom is -0.497 e. The highest BCUT2D eigenvalue weighted by Crippen LogP contribution is 2.46. The Morgan fingerprint density at radius 1 is 1.32 bits per heavy atom. The maximum atomic E-state index is 12.2. The standard InChI is InChI=1S/C17H19N5O2S/c1-24-14-6-4-13(5-7-14)18-16(23)10-25-17-19-20-21-22(17)15-9-11-2-3-12(15)8-11/h2-7,11-12,15H,8-10H2,1H3,(H,18,23)/t11-,12+,15+/m0/s1. The van der Waals surface area contributed by atoms with Crippen molar-refractivity contribution in [2.24, 2.45) is 11.8 Å². The Kier molecular flexibility index (Phi) is 4.44. The Morgan fingerprint density at radius 2 is 2.16 bits per heavy atom. The minimum atomic E-state index is -0.0856. The zero-order valence-electron chi connectivity index (χ0n) is 13.8. The van der Waals surface area contributed by atoms with Crippen LogP contribution in [0.2, 0.25) is 0 Å². The number of allylic oxidation sites excluding steroid dienone is 2. The highest BCUT2D eigenvalue weighted by atomic mass is 32.2. The molecule has 0 aliphatic heterocycles. The lowest BCUT2D eigenvalue weighted by atomic mass is 10.0. The smallest absolute Gasteiger partial charge is 0.234 e. The monoisotopic (exact) mass is 357 g/mol. The highest BCUT2D eigenvalue weighted by Gasteiger charge is 2.38. The fourth-order valence-electron chi connectivity index (χ4n) is 3.52. The first-order valence-electron chi connectivity index (χ1n) is 8.26. The number of anilines is 1. The third kappa shape index (κ3) is 3.39. The van der Waals surface area contributed by atoms with Crippen LogP contribution in [0, 0.1) is 11.8 Å². The molecule has 1 aromatic carbocycles. The molecule has 2 aliphatic carbocycles. The van der Waals surface area contributed by atoms with Gasteiger partial charge in [-0.25, -0.2) is 4.68 Å². The van der Waals surface area contributed by atoms with E-state index in [1.807, 2.05) is 28.9 Å². The molecule has 3 atom stereocenters. The SMILES string of the molecule is COc1ccc(NC(=O)CSc2nnnn2[C@@H]2C[C@H]3C=C[C@@H]2C3)cc1. The van der Waals surface area contributed by atoms with Crippen molar-refractivity contribution in [2.75, 3.05) is 18.2 Å². The number of carbonyl (C=O) groups is 1. The molecule has 2 aliphatic rings. The maximum Gasteiger partial charge on any atom is 0.234 e. The molecule has 1 saturated carbocycles. The van der Waals surface area contributed by atoms with E-state index in [9.17, 15) is 4.79 Å². The van der Waals surface area contributed by atoms with Gasteiger partial charge in [0.25, 0.3) is 0 Å². The van der Waals surface area contributed by atoms with Gasteiger partial charge in [0.15, 0.2) is 0 Å². The first-order valence-corrected chi connectivity index (χ1v) is 9.24. The molecule has 7 nitrogen and oxygen atoms in total. The van der Waals surface area contributed by atoms with E-state index in [2.05, 4.69) is 33.0 Å². The van der Waals surface area contributed by atoms with Crippen LogP contribution < -0.4 is 10.1 Å². The number of amides is 1. The molecule has 0 unspecified atom stereocenters. The van der Waals surface area contributed by atoms with Crippen LogP contribution in [0.3, 0.4) is 0 Å². The molecule has 1 N–H and O–H groups in total. The first kappa shape index (κ1) is 16.1. The fraction of sp³-hybridized carbons (Fsp3) is 0.412. The number of hydrogen-bond acceptors (Lipinski definition) is 6. The van der Waals surface area contributed by atoms with E-state index < -0.39 is 0 Å². The number of nitrogens with zero attached hydrogens (tertiary/aromatic N) is 4. The lowest BCUT2D eigenvalue weighted by Gasteiger charge is -2.18. The van der Waals surface area contributed by atoms with E-state index >= 15 is 0 Å². The summed E-state index contributed by atoms with van der Waals surface area (Å²) in [6.07, 6.45) is 6.83. The van der Waals surface area contributed by atoms with Crippen molar-refractivity contribution in [1.82, 2.24) is 20.2 Å². The van der Waals surface area contributed by atoms with E-state index in [4.69, 9.17) is 4.74 Å². The number of methoxy groups -OCH3 is 1. The summed E-state index contributed by atoms with van der Waals surface area (Å²) in [5, 5.41) is 15.6. The second kappa shape index (κ2) is 6.87. The van der Waals surface area contributed by atoms with Gasteiger partial charge < -0.3 is 10.1 Å². The van der Waals surface area contributed by atoms with Crippen LogP contribution in [0.4, 0.5) is 5.69 Å². The van der Waals surface area contributed by atoms with Gasteiger partial charge in [-0.3, -0.25) is 4.79 Å². The van der Waals surface area contributed by atoms with Gasteiger partial charge in [0.05, 0.1) is 18.9 Å². The van der Waals surface area contributed by atoms with Crippen molar-refractivity contribution in [2.45, 2.75) is 24.0 Å². The summed E-state index contributed by atoms with van der Waals surface area (Å²) in [5.41, 5.74) is 0.740.